The molecule has 0 radical (unpaired) electrons. The summed E-state index contributed by atoms with van der Waals surface area (Å²) in [5.74, 6) is -0.248. The molecule has 0 unspecified atom stereocenters. The SMILES string of the molecule is CSc1ccc(NC(=O)O[C@@H](C/C=C/C(=O)Nc2ccccc2N)c2ccc(O)cc2)cc1. The zero-order valence-electron chi connectivity index (χ0n) is 18.0. The van der Waals surface area contributed by atoms with E-state index >= 15 is 0 Å². The van der Waals surface area contributed by atoms with Gasteiger partial charge in [0.25, 0.3) is 0 Å². The van der Waals surface area contributed by atoms with Crippen molar-refractivity contribution >= 4 is 40.8 Å². The van der Waals surface area contributed by atoms with E-state index in [2.05, 4.69) is 10.6 Å². The Bertz CT molecular complexity index is 1120. The highest BCUT2D eigenvalue weighted by atomic mass is 32.2. The van der Waals surface area contributed by atoms with E-state index in [-0.39, 0.29) is 18.1 Å². The number of hydrogen-bond donors (Lipinski definition) is 4. The summed E-state index contributed by atoms with van der Waals surface area (Å²) < 4.78 is 5.62. The Kier molecular flexibility index (Phi) is 8.37. The summed E-state index contributed by atoms with van der Waals surface area (Å²) in [5.41, 5.74) is 8.11. The first-order valence-corrected chi connectivity index (χ1v) is 11.4. The van der Waals surface area contributed by atoms with E-state index in [1.807, 2.05) is 18.4 Å². The molecule has 0 aromatic heterocycles. The summed E-state index contributed by atoms with van der Waals surface area (Å²) in [7, 11) is 0. The van der Waals surface area contributed by atoms with Gasteiger partial charge in [0.05, 0.1) is 11.4 Å². The Hall–Kier alpha value is -3.91. The highest BCUT2D eigenvalue weighted by Gasteiger charge is 2.16. The quantitative estimate of drug-likeness (QED) is 0.197. The van der Waals surface area contributed by atoms with Crippen molar-refractivity contribution in [1.82, 2.24) is 0 Å². The van der Waals surface area contributed by atoms with Crippen LogP contribution in [0.1, 0.15) is 18.1 Å². The number of ether oxygens (including phenoxy) is 1. The van der Waals surface area contributed by atoms with Gasteiger partial charge in [0.2, 0.25) is 5.91 Å². The molecule has 1 atom stereocenters. The molecule has 7 nitrogen and oxygen atoms in total. The van der Waals surface area contributed by atoms with Crippen molar-refractivity contribution in [2.75, 3.05) is 22.6 Å². The molecular weight excluding hydrogens is 438 g/mol. The molecule has 0 aliphatic heterocycles. The van der Waals surface area contributed by atoms with Gasteiger partial charge in [-0.3, -0.25) is 10.1 Å². The van der Waals surface area contributed by atoms with Gasteiger partial charge in [0, 0.05) is 17.0 Å². The second-order valence-corrected chi connectivity index (χ2v) is 7.93. The molecule has 0 spiro atoms. The minimum absolute atomic E-state index is 0.103. The molecule has 3 aromatic carbocycles. The van der Waals surface area contributed by atoms with Gasteiger partial charge in [-0.1, -0.05) is 30.3 Å². The molecule has 0 heterocycles. The Morgan fingerprint density at radius 3 is 2.39 bits per heavy atom. The summed E-state index contributed by atoms with van der Waals surface area (Å²) in [6.45, 7) is 0. The van der Waals surface area contributed by atoms with Crippen LogP contribution in [0.5, 0.6) is 5.75 Å². The molecule has 0 aliphatic carbocycles. The van der Waals surface area contributed by atoms with E-state index in [0.717, 1.165) is 4.90 Å². The molecule has 3 aromatic rings. The van der Waals surface area contributed by atoms with Gasteiger partial charge in [-0.25, -0.2) is 4.79 Å². The van der Waals surface area contributed by atoms with Gasteiger partial charge >= 0.3 is 6.09 Å². The first-order valence-electron chi connectivity index (χ1n) is 10.2. The minimum Gasteiger partial charge on any atom is -0.508 e. The van der Waals surface area contributed by atoms with Gasteiger partial charge in [-0.15, -0.1) is 11.8 Å². The van der Waals surface area contributed by atoms with Crippen LogP contribution in [-0.4, -0.2) is 23.4 Å². The van der Waals surface area contributed by atoms with Crippen molar-refractivity contribution in [2.24, 2.45) is 0 Å². The van der Waals surface area contributed by atoms with Crippen molar-refractivity contribution in [3.63, 3.8) is 0 Å². The lowest BCUT2D eigenvalue weighted by molar-refractivity contribution is -0.111. The predicted molar refractivity (Wildman–Crippen MR) is 132 cm³/mol. The molecule has 2 amide bonds. The van der Waals surface area contributed by atoms with Crippen molar-refractivity contribution in [3.05, 3.63) is 90.5 Å². The minimum atomic E-state index is -0.665. The van der Waals surface area contributed by atoms with Gasteiger partial charge in [0.1, 0.15) is 11.9 Å². The standard InChI is InChI=1S/C25H25N3O4S/c1-33-20-15-11-18(12-16-20)27-25(31)32-23(17-9-13-19(29)14-10-17)7-4-8-24(30)28-22-6-3-2-5-21(22)26/h2-6,8-16,23,29H,7,26H2,1H3,(H,27,31)(H,28,30)/b8-4+/t23-/m0/s1. The molecule has 0 fully saturated rings. The Morgan fingerprint density at radius 1 is 1.03 bits per heavy atom. The third-order valence-electron chi connectivity index (χ3n) is 4.69. The summed E-state index contributed by atoms with van der Waals surface area (Å²) in [4.78, 5) is 25.8. The van der Waals surface area contributed by atoms with Crippen LogP contribution in [0.25, 0.3) is 0 Å². The summed E-state index contributed by atoms with van der Waals surface area (Å²) in [5, 5.41) is 15.0. The molecular formula is C25H25N3O4S. The predicted octanol–water partition coefficient (Wildman–Crippen LogP) is 5.57. The average Bonchev–Trinajstić information content (AvgIpc) is 2.81. The fourth-order valence-corrected chi connectivity index (χ4v) is 3.38. The summed E-state index contributed by atoms with van der Waals surface area (Å²) >= 11 is 1.61. The van der Waals surface area contributed by atoms with E-state index in [1.54, 1.807) is 66.4 Å². The van der Waals surface area contributed by atoms with Crippen LogP contribution >= 0.6 is 11.8 Å². The van der Waals surface area contributed by atoms with Crippen LogP contribution in [-0.2, 0) is 9.53 Å². The normalized spacial score (nSPS) is 11.7. The van der Waals surface area contributed by atoms with Crippen LogP contribution < -0.4 is 16.4 Å². The number of rotatable bonds is 8. The Morgan fingerprint density at radius 2 is 1.73 bits per heavy atom. The second kappa shape index (κ2) is 11.6. The molecule has 170 valence electrons. The zero-order chi connectivity index (χ0) is 23.6. The Labute approximate surface area is 196 Å². The maximum absolute atomic E-state index is 12.5. The first-order chi connectivity index (χ1) is 15.9. The van der Waals surface area contributed by atoms with Crippen LogP contribution in [0.3, 0.4) is 0 Å². The molecule has 0 saturated heterocycles. The maximum Gasteiger partial charge on any atom is 0.412 e. The van der Waals surface area contributed by atoms with Gasteiger partial charge in [-0.05, 0) is 66.4 Å². The Balaban J connectivity index is 1.65. The van der Waals surface area contributed by atoms with E-state index in [1.165, 1.54) is 18.2 Å². The zero-order valence-corrected chi connectivity index (χ0v) is 18.8. The van der Waals surface area contributed by atoms with Gasteiger partial charge in [0.15, 0.2) is 0 Å². The van der Waals surface area contributed by atoms with Gasteiger partial charge in [-0.2, -0.15) is 0 Å². The molecule has 8 heteroatoms. The number of phenols is 1. The highest BCUT2D eigenvalue weighted by molar-refractivity contribution is 7.98. The van der Waals surface area contributed by atoms with E-state index in [0.29, 0.717) is 22.6 Å². The number of benzene rings is 3. The second-order valence-electron chi connectivity index (χ2n) is 7.05. The molecule has 3 rings (SSSR count). The molecule has 0 aliphatic rings. The lowest BCUT2D eigenvalue weighted by Gasteiger charge is -2.17. The number of phenolic OH excluding ortho intramolecular Hbond substituents is 1. The summed E-state index contributed by atoms with van der Waals surface area (Å²) in [6, 6.07) is 20.7. The topological polar surface area (TPSA) is 114 Å². The van der Waals surface area contributed by atoms with Crippen LogP contribution in [0.4, 0.5) is 21.9 Å². The largest absolute Gasteiger partial charge is 0.508 e. The number of anilines is 3. The van der Waals surface area contributed by atoms with Crippen molar-refractivity contribution in [3.8, 4) is 5.75 Å². The van der Waals surface area contributed by atoms with Crippen LogP contribution in [0, 0.1) is 0 Å². The third-order valence-corrected chi connectivity index (χ3v) is 5.43. The number of nitrogens with two attached hydrogens (primary N) is 1. The number of nitrogen functional groups attached to an aromatic ring is 1. The van der Waals surface area contributed by atoms with Crippen molar-refractivity contribution < 1.29 is 19.4 Å². The lowest BCUT2D eigenvalue weighted by atomic mass is 10.1. The number of amides is 2. The number of aromatic hydroxyl groups is 1. The third kappa shape index (κ3) is 7.33. The molecule has 0 bridgehead atoms. The fraction of sp³-hybridized carbons (Fsp3) is 0.120. The first kappa shape index (κ1) is 23.7. The summed E-state index contributed by atoms with van der Waals surface area (Å²) in [6.07, 6.45) is 3.92. The lowest BCUT2D eigenvalue weighted by Crippen LogP contribution is -2.17. The molecule has 0 saturated carbocycles. The van der Waals surface area contributed by atoms with E-state index in [9.17, 15) is 14.7 Å². The highest BCUT2D eigenvalue weighted by Crippen LogP contribution is 2.25. The number of nitrogens with one attached hydrogen (secondary N) is 2. The number of hydrogen-bond acceptors (Lipinski definition) is 6. The number of carbonyl (C=O) groups is 2. The number of carbonyl (C=O) groups excluding carboxylic acids is 2. The smallest absolute Gasteiger partial charge is 0.412 e. The van der Waals surface area contributed by atoms with E-state index in [4.69, 9.17) is 10.5 Å². The number of thioether (sulfide) groups is 1. The average molecular weight is 464 g/mol. The van der Waals surface area contributed by atoms with Crippen LogP contribution in [0.15, 0.2) is 89.8 Å². The molecule has 33 heavy (non-hydrogen) atoms. The monoisotopic (exact) mass is 463 g/mol. The number of para-hydroxylation sites is 2. The van der Waals surface area contributed by atoms with Crippen LogP contribution in [0.2, 0.25) is 0 Å². The van der Waals surface area contributed by atoms with Gasteiger partial charge < -0.3 is 20.9 Å². The van der Waals surface area contributed by atoms with Crippen molar-refractivity contribution in [2.45, 2.75) is 17.4 Å². The maximum atomic E-state index is 12.5. The molecule has 5 N–H and O–H groups in total. The fourth-order valence-electron chi connectivity index (χ4n) is 2.98. The van der Waals surface area contributed by atoms with Crippen molar-refractivity contribution in [1.29, 1.82) is 0 Å². The van der Waals surface area contributed by atoms with E-state index < -0.39 is 12.2 Å².